The van der Waals surface area contributed by atoms with E-state index in [4.69, 9.17) is 0 Å². The third kappa shape index (κ3) is 4.45. The third-order valence-corrected chi connectivity index (χ3v) is 3.77. The van der Waals surface area contributed by atoms with Crippen LogP contribution < -0.4 is 5.32 Å². The van der Waals surface area contributed by atoms with E-state index in [1.807, 2.05) is 17.8 Å². The first-order valence-electron chi connectivity index (χ1n) is 5.67. The van der Waals surface area contributed by atoms with E-state index in [0.29, 0.717) is 0 Å². The second kappa shape index (κ2) is 6.81. The molecule has 0 fully saturated rings. The van der Waals surface area contributed by atoms with Crippen LogP contribution >= 0.6 is 0 Å². The van der Waals surface area contributed by atoms with Gasteiger partial charge in [-0.05, 0) is 13.3 Å². The van der Waals surface area contributed by atoms with Crippen LogP contribution in [0.2, 0.25) is 0 Å². The van der Waals surface area contributed by atoms with Crippen molar-refractivity contribution in [3.8, 4) is 0 Å². The van der Waals surface area contributed by atoms with Gasteiger partial charge in [-0.15, -0.1) is 0 Å². The molecule has 16 heavy (non-hydrogen) atoms. The van der Waals surface area contributed by atoms with E-state index in [9.17, 15) is 4.21 Å². The summed E-state index contributed by atoms with van der Waals surface area (Å²) in [6, 6.07) is 0. The summed E-state index contributed by atoms with van der Waals surface area (Å²) in [6.45, 7) is 6.67. The molecule has 1 N–H and O–H groups in total. The van der Waals surface area contributed by atoms with E-state index >= 15 is 0 Å². The van der Waals surface area contributed by atoms with Crippen molar-refractivity contribution in [2.45, 2.75) is 38.6 Å². The molecule has 2 atom stereocenters. The first kappa shape index (κ1) is 13.4. The van der Waals surface area contributed by atoms with E-state index in [0.717, 1.165) is 26.1 Å². The molecule has 92 valence electrons. The van der Waals surface area contributed by atoms with Crippen molar-refractivity contribution in [2.24, 2.45) is 0 Å². The average molecular weight is 243 g/mol. The number of rotatable bonds is 7. The lowest BCUT2D eigenvalue weighted by Crippen LogP contribution is -2.27. The van der Waals surface area contributed by atoms with Crippen LogP contribution in [0.5, 0.6) is 0 Å². The second-order valence-corrected chi connectivity index (χ2v) is 5.85. The summed E-state index contributed by atoms with van der Waals surface area (Å²) in [5, 5.41) is 7.75. The zero-order valence-corrected chi connectivity index (χ0v) is 11.1. The minimum atomic E-state index is -0.749. The highest BCUT2D eigenvalue weighted by Crippen LogP contribution is 1.99. The fourth-order valence-electron chi connectivity index (χ4n) is 1.39. The average Bonchev–Trinajstić information content (AvgIpc) is 2.66. The normalized spacial score (nSPS) is 14.9. The van der Waals surface area contributed by atoms with Gasteiger partial charge in [-0.2, -0.15) is 5.10 Å². The Bertz CT molecular complexity index is 338. The molecule has 1 heterocycles. The molecule has 2 unspecified atom stereocenters. The Hall–Kier alpha value is -0.680. The van der Waals surface area contributed by atoms with Crippen molar-refractivity contribution in [3.05, 3.63) is 18.0 Å². The Labute approximate surface area is 99.9 Å². The number of nitrogens with zero attached hydrogens (tertiary/aromatic N) is 2. The first-order valence-corrected chi connectivity index (χ1v) is 7.30. The van der Waals surface area contributed by atoms with Crippen LogP contribution in [0.3, 0.4) is 0 Å². The molecule has 0 saturated heterocycles. The fourth-order valence-corrected chi connectivity index (χ4v) is 1.74. The Morgan fingerprint density at radius 2 is 2.38 bits per heavy atom. The molecule has 5 heteroatoms. The van der Waals surface area contributed by atoms with Crippen molar-refractivity contribution in [1.29, 1.82) is 0 Å². The minimum absolute atomic E-state index is 0.200. The maximum absolute atomic E-state index is 11.1. The van der Waals surface area contributed by atoms with Crippen LogP contribution in [0.1, 0.15) is 25.8 Å². The number of aromatic nitrogens is 2. The summed E-state index contributed by atoms with van der Waals surface area (Å²) in [7, 11) is -0.749. The second-order valence-electron chi connectivity index (χ2n) is 4.05. The SMILES string of the molecule is CCCn1cc(CNCC(C)S(C)=O)cn1. The van der Waals surface area contributed by atoms with Gasteiger partial charge in [0.25, 0.3) is 0 Å². The zero-order chi connectivity index (χ0) is 12.0. The number of hydrogen-bond donors (Lipinski definition) is 1. The summed E-state index contributed by atoms with van der Waals surface area (Å²) < 4.78 is 13.1. The summed E-state index contributed by atoms with van der Waals surface area (Å²) in [5.74, 6) is 0. The van der Waals surface area contributed by atoms with Crippen LogP contribution in [0.4, 0.5) is 0 Å². The summed E-state index contributed by atoms with van der Waals surface area (Å²) >= 11 is 0. The van der Waals surface area contributed by atoms with Gasteiger partial charge in [0.15, 0.2) is 0 Å². The minimum Gasteiger partial charge on any atom is -0.311 e. The topological polar surface area (TPSA) is 46.9 Å². The molecule has 0 aliphatic heterocycles. The highest BCUT2D eigenvalue weighted by molar-refractivity contribution is 7.84. The highest BCUT2D eigenvalue weighted by atomic mass is 32.2. The molecular formula is C11H21N3OS. The molecule has 0 radical (unpaired) electrons. The molecule has 1 rings (SSSR count). The van der Waals surface area contributed by atoms with Gasteiger partial charge >= 0.3 is 0 Å². The lowest BCUT2D eigenvalue weighted by molar-refractivity contribution is 0.601. The predicted molar refractivity (Wildman–Crippen MR) is 67.8 cm³/mol. The molecule has 0 bridgehead atoms. The van der Waals surface area contributed by atoms with Crippen molar-refractivity contribution in [2.75, 3.05) is 12.8 Å². The Morgan fingerprint density at radius 1 is 1.62 bits per heavy atom. The highest BCUT2D eigenvalue weighted by Gasteiger charge is 2.05. The first-order chi connectivity index (χ1) is 7.63. The molecule has 1 aromatic heterocycles. The molecule has 0 aromatic carbocycles. The summed E-state index contributed by atoms with van der Waals surface area (Å²) in [4.78, 5) is 0. The Morgan fingerprint density at radius 3 is 3.00 bits per heavy atom. The standard InChI is InChI=1S/C11H21N3OS/c1-4-5-14-9-11(8-13-14)7-12-6-10(2)16(3)15/h8-10,12H,4-7H2,1-3H3. The molecule has 0 spiro atoms. The van der Waals surface area contributed by atoms with Crippen LogP contribution in [0.15, 0.2) is 12.4 Å². The maximum atomic E-state index is 11.1. The van der Waals surface area contributed by atoms with Crippen LogP contribution in [-0.4, -0.2) is 32.0 Å². The van der Waals surface area contributed by atoms with Gasteiger partial charge in [0.2, 0.25) is 0 Å². The van der Waals surface area contributed by atoms with Gasteiger partial charge in [-0.1, -0.05) is 6.92 Å². The Kier molecular flexibility index (Phi) is 5.69. The lowest BCUT2D eigenvalue weighted by Gasteiger charge is -2.08. The molecule has 0 aliphatic rings. The van der Waals surface area contributed by atoms with Gasteiger partial charge in [0.1, 0.15) is 0 Å². The molecule has 4 nitrogen and oxygen atoms in total. The smallest absolute Gasteiger partial charge is 0.0534 e. The van der Waals surface area contributed by atoms with E-state index in [-0.39, 0.29) is 5.25 Å². The molecular weight excluding hydrogens is 222 g/mol. The van der Waals surface area contributed by atoms with Crippen molar-refractivity contribution < 1.29 is 4.21 Å². The van der Waals surface area contributed by atoms with Gasteiger partial charge < -0.3 is 5.32 Å². The van der Waals surface area contributed by atoms with Crippen LogP contribution in [0, 0.1) is 0 Å². The van der Waals surface area contributed by atoms with Gasteiger partial charge in [0.05, 0.1) is 6.20 Å². The monoisotopic (exact) mass is 243 g/mol. The lowest BCUT2D eigenvalue weighted by atomic mass is 10.3. The van der Waals surface area contributed by atoms with Crippen molar-refractivity contribution in [1.82, 2.24) is 15.1 Å². The van der Waals surface area contributed by atoms with Crippen LogP contribution in [-0.2, 0) is 23.9 Å². The molecule has 0 aliphatic carbocycles. The van der Waals surface area contributed by atoms with Gasteiger partial charge in [-0.25, -0.2) is 0 Å². The summed E-state index contributed by atoms with van der Waals surface area (Å²) in [5.41, 5.74) is 1.18. The molecule has 0 saturated carbocycles. The number of hydrogen-bond acceptors (Lipinski definition) is 3. The predicted octanol–water partition coefficient (Wildman–Crippen LogP) is 1.15. The number of nitrogens with one attached hydrogen (secondary N) is 1. The van der Waals surface area contributed by atoms with E-state index in [1.54, 1.807) is 6.26 Å². The molecule has 0 amide bonds. The number of aryl methyl sites for hydroxylation is 1. The Balaban J connectivity index is 2.29. The largest absolute Gasteiger partial charge is 0.311 e. The van der Waals surface area contributed by atoms with E-state index < -0.39 is 10.8 Å². The summed E-state index contributed by atoms with van der Waals surface area (Å²) in [6.07, 6.45) is 6.78. The van der Waals surface area contributed by atoms with Crippen molar-refractivity contribution in [3.63, 3.8) is 0 Å². The van der Waals surface area contributed by atoms with Crippen LogP contribution in [0.25, 0.3) is 0 Å². The maximum Gasteiger partial charge on any atom is 0.0534 e. The van der Waals surface area contributed by atoms with E-state index in [2.05, 4.69) is 23.5 Å². The third-order valence-electron chi connectivity index (χ3n) is 2.47. The molecule has 1 aromatic rings. The quantitative estimate of drug-likeness (QED) is 0.781. The van der Waals surface area contributed by atoms with Crippen molar-refractivity contribution >= 4 is 10.8 Å². The van der Waals surface area contributed by atoms with E-state index in [1.165, 1.54) is 5.56 Å². The van der Waals surface area contributed by atoms with Gasteiger partial charge in [-0.3, -0.25) is 8.89 Å². The fraction of sp³-hybridized carbons (Fsp3) is 0.727. The zero-order valence-electron chi connectivity index (χ0n) is 10.3. The van der Waals surface area contributed by atoms with Gasteiger partial charge in [0, 0.05) is 53.7 Å².